The van der Waals surface area contributed by atoms with Crippen LogP contribution in [0, 0.1) is 5.82 Å². The Labute approximate surface area is 134 Å². The predicted octanol–water partition coefficient (Wildman–Crippen LogP) is 4.59. The number of esters is 1. The van der Waals surface area contributed by atoms with E-state index in [0.29, 0.717) is 22.2 Å². The molecule has 2 aromatic carbocycles. The maximum Gasteiger partial charge on any atom is 0.337 e. The van der Waals surface area contributed by atoms with Crippen LogP contribution in [0.25, 0.3) is 22.0 Å². The molecule has 0 amide bonds. The highest BCUT2D eigenvalue weighted by Gasteiger charge is 2.14. The van der Waals surface area contributed by atoms with Gasteiger partial charge in [0.1, 0.15) is 5.82 Å². The number of hydrogen-bond donors (Lipinski definition) is 0. The molecular weight excluding hydrogens is 349 g/mol. The van der Waals surface area contributed by atoms with Crippen LogP contribution in [0.4, 0.5) is 4.39 Å². The summed E-state index contributed by atoms with van der Waals surface area (Å²) in [6, 6.07) is 11.5. The zero-order valence-electron chi connectivity index (χ0n) is 11.6. The van der Waals surface area contributed by atoms with E-state index < -0.39 is 5.97 Å². The molecule has 110 valence electrons. The second-order valence-electron chi connectivity index (χ2n) is 4.69. The lowest BCUT2D eigenvalue weighted by molar-refractivity contribution is 0.0601. The lowest BCUT2D eigenvalue weighted by atomic mass is 10.0. The minimum atomic E-state index is -0.443. The molecule has 0 aliphatic heterocycles. The normalized spacial score (nSPS) is 10.7. The average molecular weight is 360 g/mol. The number of nitrogens with zero attached hydrogens (tertiary/aromatic N) is 1. The third-order valence-corrected chi connectivity index (χ3v) is 4.02. The van der Waals surface area contributed by atoms with Crippen LogP contribution in [0.1, 0.15) is 10.4 Å². The lowest BCUT2D eigenvalue weighted by Gasteiger charge is -2.10. The number of hydrogen-bond acceptors (Lipinski definition) is 3. The number of halogens is 2. The summed E-state index contributed by atoms with van der Waals surface area (Å²) >= 11 is 3.43. The molecule has 3 aromatic rings. The zero-order valence-corrected chi connectivity index (χ0v) is 13.2. The Hall–Kier alpha value is -2.27. The monoisotopic (exact) mass is 359 g/mol. The van der Waals surface area contributed by atoms with Gasteiger partial charge in [0.2, 0.25) is 0 Å². The number of carbonyl (C=O) groups excluding carboxylic acids is 1. The van der Waals surface area contributed by atoms with Crippen LogP contribution in [0.15, 0.2) is 53.1 Å². The first-order chi connectivity index (χ1) is 10.6. The van der Waals surface area contributed by atoms with Gasteiger partial charge in [-0.1, -0.05) is 18.2 Å². The second kappa shape index (κ2) is 5.85. The molecule has 3 rings (SSSR count). The van der Waals surface area contributed by atoms with Crippen molar-refractivity contribution in [2.45, 2.75) is 0 Å². The Balaban J connectivity index is 2.33. The van der Waals surface area contributed by atoms with E-state index >= 15 is 0 Å². The summed E-state index contributed by atoms with van der Waals surface area (Å²) in [5.41, 5.74) is 1.27. The minimum absolute atomic E-state index is 0.359. The molecule has 5 heteroatoms. The standard InChI is InChI=1S/C17H11BrFNO2/c1-22-17(21)10-6-7-11-13(8-10)16(20-9-14(11)18)12-4-2-3-5-15(12)19/h2-9H,1H3. The molecule has 0 atom stereocenters. The van der Waals surface area contributed by atoms with Crippen LogP contribution in [0.5, 0.6) is 0 Å². The van der Waals surface area contributed by atoms with Gasteiger partial charge in [-0.3, -0.25) is 4.98 Å². The van der Waals surface area contributed by atoms with Crippen molar-refractivity contribution in [3.05, 3.63) is 64.5 Å². The summed E-state index contributed by atoms with van der Waals surface area (Å²) in [6.07, 6.45) is 1.63. The molecule has 0 fully saturated rings. The fraction of sp³-hybridized carbons (Fsp3) is 0.0588. The summed E-state index contributed by atoms with van der Waals surface area (Å²) in [5.74, 6) is -0.802. The number of pyridine rings is 1. The molecule has 0 spiro atoms. The molecule has 1 heterocycles. The third kappa shape index (κ3) is 2.48. The largest absolute Gasteiger partial charge is 0.465 e. The lowest BCUT2D eigenvalue weighted by Crippen LogP contribution is -2.01. The molecule has 0 bridgehead atoms. The van der Waals surface area contributed by atoms with Crippen molar-refractivity contribution >= 4 is 32.7 Å². The van der Waals surface area contributed by atoms with E-state index in [-0.39, 0.29) is 5.82 Å². The van der Waals surface area contributed by atoms with Gasteiger partial charge in [0, 0.05) is 21.6 Å². The van der Waals surface area contributed by atoms with Crippen molar-refractivity contribution in [2.24, 2.45) is 0 Å². The molecule has 0 unspecified atom stereocenters. The van der Waals surface area contributed by atoms with Crippen molar-refractivity contribution in [1.82, 2.24) is 4.98 Å². The van der Waals surface area contributed by atoms with Crippen LogP contribution < -0.4 is 0 Å². The first-order valence-corrected chi connectivity index (χ1v) is 7.32. The molecule has 0 saturated heterocycles. The highest BCUT2D eigenvalue weighted by atomic mass is 79.9. The van der Waals surface area contributed by atoms with Gasteiger partial charge in [-0.2, -0.15) is 0 Å². The molecule has 0 N–H and O–H groups in total. The summed E-state index contributed by atoms with van der Waals surface area (Å²) in [6.45, 7) is 0. The van der Waals surface area contributed by atoms with Crippen molar-refractivity contribution in [2.75, 3.05) is 7.11 Å². The van der Waals surface area contributed by atoms with Gasteiger partial charge in [0.05, 0.1) is 18.4 Å². The Morgan fingerprint density at radius 3 is 2.68 bits per heavy atom. The average Bonchev–Trinajstić information content (AvgIpc) is 2.55. The maximum atomic E-state index is 14.1. The summed E-state index contributed by atoms with van der Waals surface area (Å²) in [7, 11) is 1.32. The third-order valence-electron chi connectivity index (χ3n) is 3.39. The number of methoxy groups -OCH3 is 1. The van der Waals surface area contributed by atoms with E-state index in [0.717, 1.165) is 9.86 Å². The van der Waals surface area contributed by atoms with Gasteiger partial charge in [-0.05, 0) is 45.6 Å². The fourth-order valence-electron chi connectivity index (χ4n) is 2.32. The molecule has 0 radical (unpaired) electrons. The van der Waals surface area contributed by atoms with Gasteiger partial charge < -0.3 is 4.74 Å². The SMILES string of the molecule is COC(=O)c1ccc2c(Br)cnc(-c3ccccc3F)c2c1. The van der Waals surface area contributed by atoms with E-state index in [1.165, 1.54) is 13.2 Å². The van der Waals surface area contributed by atoms with Gasteiger partial charge in [-0.25, -0.2) is 9.18 Å². The van der Waals surface area contributed by atoms with Gasteiger partial charge in [0.25, 0.3) is 0 Å². The predicted molar refractivity (Wildman–Crippen MR) is 86.2 cm³/mol. The summed E-state index contributed by atoms with van der Waals surface area (Å²) < 4.78 is 19.6. The highest BCUT2D eigenvalue weighted by molar-refractivity contribution is 9.10. The molecule has 0 aliphatic rings. The molecule has 1 aromatic heterocycles. The number of ether oxygens (including phenoxy) is 1. The van der Waals surface area contributed by atoms with Crippen LogP contribution in [0.2, 0.25) is 0 Å². The van der Waals surface area contributed by atoms with Crippen LogP contribution >= 0.6 is 15.9 Å². The smallest absolute Gasteiger partial charge is 0.337 e. The van der Waals surface area contributed by atoms with E-state index in [9.17, 15) is 9.18 Å². The Morgan fingerprint density at radius 1 is 1.18 bits per heavy atom. The highest BCUT2D eigenvalue weighted by Crippen LogP contribution is 2.33. The summed E-state index contributed by atoms with van der Waals surface area (Å²) in [4.78, 5) is 16.1. The number of benzene rings is 2. The molecule has 0 saturated carbocycles. The van der Waals surface area contributed by atoms with E-state index in [1.807, 2.05) is 0 Å². The quantitative estimate of drug-likeness (QED) is 0.628. The number of rotatable bonds is 2. The van der Waals surface area contributed by atoms with Gasteiger partial charge in [-0.15, -0.1) is 0 Å². The fourth-order valence-corrected chi connectivity index (χ4v) is 2.77. The Kier molecular flexibility index (Phi) is 3.90. The van der Waals surface area contributed by atoms with Crippen LogP contribution in [-0.4, -0.2) is 18.1 Å². The molecule has 0 aliphatic carbocycles. The van der Waals surface area contributed by atoms with Crippen LogP contribution in [-0.2, 0) is 4.74 Å². The zero-order chi connectivity index (χ0) is 15.7. The summed E-state index contributed by atoms with van der Waals surface area (Å²) in [5, 5.41) is 1.53. The molecule has 22 heavy (non-hydrogen) atoms. The van der Waals surface area contributed by atoms with Crippen molar-refractivity contribution in [1.29, 1.82) is 0 Å². The van der Waals surface area contributed by atoms with Gasteiger partial charge in [0.15, 0.2) is 0 Å². The van der Waals surface area contributed by atoms with Crippen molar-refractivity contribution in [3.8, 4) is 11.3 Å². The van der Waals surface area contributed by atoms with Gasteiger partial charge >= 0.3 is 5.97 Å². The second-order valence-corrected chi connectivity index (χ2v) is 5.54. The van der Waals surface area contributed by atoms with Crippen molar-refractivity contribution < 1.29 is 13.9 Å². The molecular formula is C17H11BrFNO2. The topological polar surface area (TPSA) is 39.2 Å². The van der Waals surface area contributed by atoms with Crippen LogP contribution in [0.3, 0.4) is 0 Å². The number of aromatic nitrogens is 1. The minimum Gasteiger partial charge on any atom is -0.465 e. The number of fused-ring (bicyclic) bond motifs is 1. The number of carbonyl (C=O) groups is 1. The maximum absolute atomic E-state index is 14.1. The van der Waals surface area contributed by atoms with E-state index in [2.05, 4.69) is 20.9 Å². The van der Waals surface area contributed by atoms with E-state index in [1.54, 1.807) is 42.6 Å². The molecule has 3 nitrogen and oxygen atoms in total. The Morgan fingerprint density at radius 2 is 1.95 bits per heavy atom. The first kappa shape index (κ1) is 14.7. The van der Waals surface area contributed by atoms with E-state index in [4.69, 9.17) is 4.74 Å². The Bertz CT molecular complexity index is 880. The van der Waals surface area contributed by atoms with Crippen molar-refractivity contribution in [3.63, 3.8) is 0 Å². The first-order valence-electron chi connectivity index (χ1n) is 6.53.